The summed E-state index contributed by atoms with van der Waals surface area (Å²) < 4.78 is 1.90. The zero-order chi connectivity index (χ0) is 20.9. The highest BCUT2D eigenvalue weighted by molar-refractivity contribution is 6.04. The van der Waals surface area contributed by atoms with Crippen LogP contribution in [0.2, 0.25) is 0 Å². The van der Waals surface area contributed by atoms with Crippen molar-refractivity contribution in [3.63, 3.8) is 0 Å². The first kappa shape index (κ1) is 20.1. The maximum atomic E-state index is 12.9. The first-order valence-corrected chi connectivity index (χ1v) is 10.4. The summed E-state index contributed by atoms with van der Waals surface area (Å²) in [5.74, 6) is 0.377. The molecular weight excluding hydrogens is 376 g/mol. The zero-order valence-corrected chi connectivity index (χ0v) is 17.6. The van der Waals surface area contributed by atoms with Gasteiger partial charge in [0.1, 0.15) is 5.82 Å². The molecule has 0 saturated carbocycles. The molecule has 1 aromatic carbocycles. The highest BCUT2D eigenvalue weighted by atomic mass is 16.1. The number of piperazine rings is 1. The minimum atomic E-state index is -0.175. The van der Waals surface area contributed by atoms with Crippen molar-refractivity contribution < 1.29 is 4.79 Å². The van der Waals surface area contributed by atoms with Crippen molar-refractivity contribution in [2.75, 3.05) is 43.4 Å². The number of rotatable bonds is 6. The molecule has 7 nitrogen and oxygen atoms in total. The van der Waals surface area contributed by atoms with Crippen molar-refractivity contribution in [3.05, 3.63) is 71.7 Å². The third-order valence-corrected chi connectivity index (χ3v) is 5.56. The topological polar surface area (TPSA) is 66.3 Å². The highest BCUT2D eigenvalue weighted by Gasteiger charge is 2.18. The lowest BCUT2D eigenvalue weighted by Crippen LogP contribution is -2.44. The maximum absolute atomic E-state index is 12.9. The summed E-state index contributed by atoms with van der Waals surface area (Å²) in [6.45, 7) is 6.76. The van der Waals surface area contributed by atoms with E-state index in [4.69, 9.17) is 0 Å². The van der Waals surface area contributed by atoms with Gasteiger partial charge in [-0.3, -0.25) is 9.48 Å². The lowest BCUT2D eigenvalue weighted by atomic mass is 10.1. The van der Waals surface area contributed by atoms with Gasteiger partial charge in [0.25, 0.3) is 5.91 Å². The Balaban J connectivity index is 1.43. The molecule has 1 aliphatic heterocycles. The van der Waals surface area contributed by atoms with Crippen molar-refractivity contribution in [1.82, 2.24) is 19.7 Å². The van der Waals surface area contributed by atoms with E-state index in [9.17, 15) is 4.79 Å². The summed E-state index contributed by atoms with van der Waals surface area (Å²) in [5, 5.41) is 7.37. The number of hydrogen-bond acceptors (Lipinski definition) is 5. The van der Waals surface area contributed by atoms with Gasteiger partial charge >= 0.3 is 0 Å². The molecule has 1 N–H and O–H groups in total. The monoisotopic (exact) mass is 404 g/mol. The number of aromatic nitrogens is 3. The minimum absolute atomic E-state index is 0.175. The molecule has 3 heterocycles. The van der Waals surface area contributed by atoms with Crippen LogP contribution < -0.4 is 10.2 Å². The summed E-state index contributed by atoms with van der Waals surface area (Å²) in [7, 11) is 2.14. The molecule has 0 unspecified atom stereocenters. The van der Waals surface area contributed by atoms with Crippen molar-refractivity contribution in [3.8, 4) is 0 Å². The molecule has 4 rings (SSSR count). The Morgan fingerprint density at radius 1 is 1.03 bits per heavy atom. The lowest BCUT2D eigenvalue weighted by molar-refractivity contribution is 0.102. The average Bonchev–Trinajstić information content (AvgIpc) is 3.18. The normalized spacial score (nSPS) is 14.7. The molecular formula is C23H28N6O. The molecule has 3 aromatic rings. The van der Waals surface area contributed by atoms with E-state index < -0.39 is 0 Å². The number of amides is 1. The molecule has 30 heavy (non-hydrogen) atoms. The van der Waals surface area contributed by atoms with Crippen molar-refractivity contribution >= 4 is 17.4 Å². The smallest absolute Gasteiger partial charge is 0.260 e. The van der Waals surface area contributed by atoms with Gasteiger partial charge < -0.3 is 15.1 Å². The van der Waals surface area contributed by atoms with Crippen molar-refractivity contribution in [2.24, 2.45) is 0 Å². The van der Waals surface area contributed by atoms with E-state index in [1.165, 1.54) is 0 Å². The Labute approximate surface area is 177 Å². The zero-order valence-electron chi connectivity index (χ0n) is 17.6. The second-order valence-corrected chi connectivity index (χ2v) is 7.65. The third kappa shape index (κ3) is 4.52. The number of carbonyl (C=O) groups excluding carboxylic acids is 1. The molecule has 1 aliphatic rings. The number of anilines is 2. The van der Waals surface area contributed by atoms with E-state index in [0.29, 0.717) is 17.9 Å². The van der Waals surface area contributed by atoms with E-state index in [1.807, 2.05) is 48.1 Å². The van der Waals surface area contributed by atoms with Gasteiger partial charge in [-0.15, -0.1) is 0 Å². The Morgan fingerprint density at radius 2 is 1.80 bits per heavy atom. The standard InChI is InChI=1S/C23H28N6O/c1-3-21-20(16-25-29(21)17-18-7-5-4-6-8-18)23(30)26-22-10-9-19(15-24-22)28-13-11-27(2)12-14-28/h4-10,15-16H,3,11-14,17H2,1-2H3,(H,24,26,30). The minimum Gasteiger partial charge on any atom is -0.368 e. The molecule has 0 bridgehead atoms. The van der Waals surface area contributed by atoms with Crippen LogP contribution in [-0.4, -0.2) is 58.8 Å². The maximum Gasteiger partial charge on any atom is 0.260 e. The number of carbonyl (C=O) groups is 1. The number of nitrogens with one attached hydrogen (secondary N) is 1. The first-order chi connectivity index (χ1) is 14.6. The van der Waals surface area contributed by atoms with E-state index in [1.54, 1.807) is 6.20 Å². The van der Waals surface area contributed by atoms with Gasteiger partial charge in [0.05, 0.1) is 35.9 Å². The summed E-state index contributed by atoms with van der Waals surface area (Å²) in [6, 6.07) is 14.0. The molecule has 156 valence electrons. The SMILES string of the molecule is CCc1c(C(=O)Nc2ccc(N3CCN(C)CC3)cn2)cnn1Cc1ccccc1. The van der Waals surface area contributed by atoms with Crippen molar-refractivity contribution in [1.29, 1.82) is 0 Å². The van der Waals surface area contributed by atoms with Gasteiger partial charge in [-0.25, -0.2) is 4.98 Å². The van der Waals surface area contributed by atoms with Crippen LogP contribution in [0.25, 0.3) is 0 Å². The number of hydrogen-bond donors (Lipinski definition) is 1. The van der Waals surface area contributed by atoms with Crippen LogP contribution in [0.3, 0.4) is 0 Å². The number of benzene rings is 1. The molecule has 2 aromatic heterocycles. The van der Waals surface area contributed by atoms with Crippen molar-refractivity contribution in [2.45, 2.75) is 19.9 Å². The summed E-state index contributed by atoms with van der Waals surface area (Å²) >= 11 is 0. The number of likely N-dealkylation sites (N-methyl/N-ethyl adjacent to an activating group) is 1. The third-order valence-electron chi connectivity index (χ3n) is 5.56. The van der Waals surface area contributed by atoms with Gasteiger partial charge in [-0.05, 0) is 31.2 Å². The molecule has 0 atom stereocenters. The van der Waals surface area contributed by atoms with E-state index in [0.717, 1.165) is 49.5 Å². The Hall–Kier alpha value is -3.19. The highest BCUT2D eigenvalue weighted by Crippen LogP contribution is 2.18. The van der Waals surface area contributed by atoms with Gasteiger partial charge in [-0.2, -0.15) is 5.10 Å². The van der Waals surface area contributed by atoms with Crippen LogP contribution in [0.1, 0.15) is 28.5 Å². The molecule has 0 aliphatic carbocycles. The lowest BCUT2D eigenvalue weighted by Gasteiger charge is -2.33. The van der Waals surface area contributed by atoms with Gasteiger partial charge in [0.15, 0.2) is 0 Å². The molecule has 0 spiro atoms. The second-order valence-electron chi connectivity index (χ2n) is 7.65. The molecule has 0 radical (unpaired) electrons. The van der Waals surface area contributed by atoms with E-state index in [2.05, 4.69) is 44.4 Å². The average molecular weight is 405 g/mol. The van der Waals surface area contributed by atoms with E-state index in [-0.39, 0.29) is 5.91 Å². The molecule has 7 heteroatoms. The summed E-state index contributed by atoms with van der Waals surface area (Å²) in [6.07, 6.45) is 4.21. The van der Waals surface area contributed by atoms with Crippen LogP contribution in [0, 0.1) is 0 Å². The molecule has 1 saturated heterocycles. The van der Waals surface area contributed by atoms with Crippen LogP contribution in [-0.2, 0) is 13.0 Å². The Kier molecular flexibility index (Phi) is 6.09. The fourth-order valence-electron chi connectivity index (χ4n) is 3.76. The fourth-order valence-corrected chi connectivity index (χ4v) is 3.76. The van der Waals surface area contributed by atoms with Crippen LogP contribution in [0.5, 0.6) is 0 Å². The molecule has 1 fully saturated rings. The quantitative estimate of drug-likeness (QED) is 0.684. The summed E-state index contributed by atoms with van der Waals surface area (Å²) in [5.41, 5.74) is 3.76. The summed E-state index contributed by atoms with van der Waals surface area (Å²) in [4.78, 5) is 22.0. The predicted molar refractivity (Wildman–Crippen MR) is 119 cm³/mol. The second kappa shape index (κ2) is 9.09. The number of pyridine rings is 1. The van der Waals surface area contributed by atoms with Gasteiger partial charge in [-0.1, -0.05) is 37.3 Å². The number of nitrogens with zero attached hydrogens (tertiary/aromatic N) is 5. The Bertz CT molecular complexity index is 975. The molecule has 1 amide bonds. The largest absolute Gasteiger partial charge is 0.368 e. The van der Waals surface area contributed by atoms with Gasteiger partial charge in [0.2, 0.25) is 0 Å². The van der Waals surface area contributed by atoms with Crippen LogP contribution in [0.15, 0.2) is 54.9 Å². The predicted octanol–water partition coefficient (Wildman–Crippen LogP) is 2.89. The Morgan fingerprint density at radius 3 is 2.47 bits per heavy atom. The van der Waals surface area contributed by atoms with Crippen LogP contribution in [0.4, 0.5) is 11.5 Å². The van der Waals surface area contributed by atoms with E-state index >= 15 is 0 Å². The van der Waals surface area contributed by atoms with Crippen LogP contribution >= 0.6 is 0 Å². The first-order valence-electron chi connectivity index (χ1n) is 10.4. The van der Waals surface area contributed by atoms with Gasteiger partial charge in [0, 0.05) is 26.2 Å². The fraction of sp³-hybridized carbons (Fsp3) is 0.348.